The lowest BCUT2D eigenvalue weighted by Crippen LogP contribution is -2.36. The molecule has 30 heavy (non-hydrogen) atoms. The minimum atomic E-state index is -4.40. The second-order valence-electron chi connectivity index (χ2n) is 6.86. The summed E-state index contributed by atoms with van der Waals surface area (Å²) in [5, 5.41) is 0.454. The maximum Gasteiger partial charge on any atom is 0.417 e. The van der Waals surface area contributed by atoms with Gasteiger partial charge in [0.2, 0.25) is 5.91 Å². The minimum Gasteiger partial charge on any atom is -0.431 e. The molecule has 0 unspecified atom stereocenters. The number of fused-ring (bicyclic) bond motifs is 1. The number of carbonyl (C=O) groups is 1. The number of hydrogen-bond donors (Lipinski definition) is 0. The molecule has 0 N–H and O–H groups in total. The van der Waals surface area contributed by atoms with Gasteiger partial charge in [-0.05, 0) is 30.7 Å². The fraction of sp³-hybridized carbons (Fsp3) is 0.350. The molecule has 1 amide bonds. The Balaban J connectivity index is 1.32. The Morgan fingerprint density at radius 3 is 2.67 bits per heavy atom. The SMILES string of the molecule is O=C(CSc1nc2ccccc2o1)N1CCCN(c2ccc(C(F)(F)F)cn2)CC1. The van der Waals surface area contributed by atoms with Gasteiger partial charge in [-0.2, -0.15) is 13.2 Å². The molecule has 0 saturated carbocycles. The number of amides is 1. The first-order valence-electron chi connectivity index (χ1n) is 9.44. The zero-order valence-corrected chi connectivity index (χ0v) is 16.7. The lowest BCUT2D eigenvalue weighted by Gasteiger charge is -2.23. The third-order valence-corrected chi connectivity index (χ3v) is 5.65. The molecule has 1 aliphatic rings. The van der Waals surface area contributed by atoms with E-state index in [1.54, 1.807) is 4.90 Å². The molecule has 158 valence electrons. The maximum atomic E-state index is 12.7. The van der Waals surface area contributed by atoms with Crippen LogP contribution < -0.4 is 4.90 Å². The van der Waals surface area contributed by atoms with Crippen LogP contribution in [0.1, 0.15) is 12.0 Å². The Morgan fingerprint density at radius 2 is 1.93 bits per heavy atom. The number of carbonyl (C=O) groups excluding carboxylic acids is 1. The third kappa shape index (κ3) is 4.69. The molecular formula is C20H19F3N4O2S. The summed E-state index contributed by atoms with van der Waals surface area (Å²) in [6, 6.07) is 9.83. The standard InChI is InChI=1S/C20H19F3N4O2S/c21-20(22,23)14-6-7-17(24-12-14)26-8-3-9-27(11-10-26)18(28)13-30-19-25-15-4-1-2-5-16(15)29-19/h1-2,4-7,12H,3,8-11,13H2. The molecular weight excluding hydrogens is 417 g/mol. The highest BCUT2D eigenvalue weighted by Gasteiger charge is 2.31. The second-order valence-corrected chi connectivity index (χ2v) is 7.79. The lowest BCUT2D eigenvalue weighted by molar-refractivity contribution is -0.137. The Hall–Kier alpha value is -2.75. The van der Waals surface area contributed by atoms with E-state index in [0.717, 1.165) is 17.8 Å². The summed E-state index contributed by atoms with van der Waals surface area (Å²) in [5.41, 5.74) is 0.665. The third-order valence-electron chi connectivity index (χ3n) is 4.84. The van der Waals surface area contributed by atoms with Crippen molar-refractivity contribution >= 4 is 34.6 Å². The van der Waals surface area contributed by atoms with Gasteiger partial charge in [0.1, 0.15) is 11.3 Å². The van der Waals surface area contributed by atoms with Crippen molar-refractivity contribution in [1.82, 2.24) is 14.9 Å². The van der Waals surface area contributed by atoms with Crippen LogP contribution >= 0.6 is 11.8 Å². The van der Waals surface area contributed by atoms with Crippen LogP contribution in [0.3, 0.4) is 0 Å². The number of halogens is 3. The first-order valence-corrected chi connectivity index (χ1v) is 10.4. The average molecular weight is 436 g/mol. The summed E-state index contributed by atoms with van der Waals surface area (Å²) < 4.78 is 43.8. The van der Waals surface area contributed by atoms with Gasteiger partial charge in [-0.15, -0.1) is 0 Å². The maximum absolute atomic E-state index is 12.7. The van der Waals surface area contributed by atoms with E-state index < -0.39 is 11.7 Å². The van der Waals surface area contributed by atoms with Gasteiger partial charge in [-0.3, -0.25) is 4.79 Å². The lowest BCUT2D eigenvalue weighted by atomic mass is 10.2. The Morgan fingerprint density at radius 1 is 1.10 bits per heavy atom. The highest BCUT2D eigenvalue weighted by atomic mass is 32.2. The first kappa shape index (κ1) is 20.5. The fourth-order valence-electron chi connectivity index (χ4n) is 3.26. The Kier molecular flexibility index (Phi) is 5.85. The Labute approximate surface area is 175 Å². The predicted octanol–water partition coefficient (Wildman–Crippen LogP) is 4.07. The molecule has 0 spiro atoms. The van der Waals surface area contributed by atoms with Gasteiger partial charge in [0.15, 0.2) is 5.58 Å². The number of benzene rings is 1. The molecule has 4 rings (SSSR count). The first-order chi connectivity index (χ1) is 14.4. The van der Waals surface area contributed by atoms with Crippen LogP contribution in [0.25, 0.3) is 11.1 Å². The van der Waals surface area contributed by atoms with E-state index in [1.807, 2.05) is 29.2 Å². The van der Waals surface area contributed by atoms with E-state index in [0.29, 0.717) is 49.2 Å². The van der Waals surface area contributed by atoms with E-state index in [-0.39, 0.29) is 11.7 Å². The van der Waals surface area contributed by atoms with Crippen molar-refractivity contribution < 1.29 is 22.4 Å². The summed E-state index contributed by atoms with van der Waals surface area (Å²) in [4.78, 5) is 24.6. The van der Waals surface area contributed by atoms with Crippen LogP contribution in [0.4, 0.5) is 19.0 Å². The van der Waals surface area contributed by atoms with Gasteiger partial charge in [0.05, 0.1) is 11.3 Å². The molecule has 3 heterocycles. The number of thioether (sulfide) groups is 1. The van der Waals surface area contributed by atoms with Crippen molar-refractivity contribution in [2.75, 3.05) is 36.8 Å². The number of anilines is 1. The smallest absolute Gasteiger partial charge is 0.417 e. The zero-order valence-electron chi connectivity index (χ0n) is 15.9. The summed E-state index contributed by atoms with van der Waals surface area (Å²) in [6.07, 6.45) is -2.85. The predicted molar refractivity (Wildman–Crippen MR) is 107 cm³/mol. The highest BCUT2D eigenvalue weighted by Crippen LogP contribution is 2.29. The monoisotopic (exact) mass is 436 g/mol. The summed E-state index contributed by atoms with van der Waals surface area (Å²) in [7, 11) is 0. The van der Waals surface area contributed by atoms with Crippen molar-refractivity contribution in [3.05, 3.63) is 48.2 Å². The van der Waals surface area contributed by atoms with Gasteiger partial charge in [0, 0.05) is 32.4 Å². The largest absolute Gasteiger partial charge is 0.431 e. The van der Waals surface area contributed by atoms with Crippen LogP contribution in [0.15, 0.2) is 52.2 Å². The quantitative estimate of drug-likeness (QED) is 0.575. The molecule has 1 fully saturated rings. The van der Waals surface area contributed by atoms with Gasteiger partial charge < -0.3 is 14.2 Å². The van der Waals surface area contributed by atoms with Crippen molar-refractivity contribution in [2.24, 2.45) is 0 Å². The number of aromatic nitrogens is 2. The van der Waals surface area contributed by atoms with Crippen molar-refractivity contribution in [3.63, 3.8) is 0 Å². The van der Waals surface area contributed by atoms with Crippen molar-refractivity contribution in [1.29, 1.82) is 0 Å². The molecule has 1 saturated heterocycles. The van der Waals surface area contributed by atoms with Crippen LogP contribution in [-0.4, -0.2) is 52.7 Å². The number of para-hydroxylation sites is 2. The number of hydrogen-bond acceptors (Lipinski definition) is 6. The molecule has 10 heteroatoms. The molecule has 0 atom stereocenters. The highest BCUT2D eigenvalue weighted by molar-refractivity contribution is 7.99. The number of alkyl halides is 3. The van der Waals surface area contributed by atoms with Gasteiger partial charge in [-0.1, -0.05) is 23.9 Å². The normalized spacial score (nSPS) is 15.4. The minimum absolute atomic E-state index is 0.0236. The summed E-state index contributed by atoms with van der Waals surface area (Å²) >= 11 is 1.25. The van der Waals surface area contributed by atoms with E-state index in [9.17, 15) is 18.0 Å². The van der Waals surface area contributed by atoms with E-state index in [4.69, 9.17) is 4.42 Å². The molecule has 6 nitrogen and oxygen atoms in total. The van der Waals surface area contributed by atoms with Crippen molar-refractivity contribution in [3.8, 4) is 0 Å². The molecule has 1 aliphatic heterocycles. The summed E-state index contributed by atoms with van der Waals surface area (Å²) in [5.74, 6) is 0.674. The number of nitrogens with zero attached hydrogens (tertiary/aromatic N) is 4. The zero-order chi connectivity index (χ0) is 21.1. The number of pyridine rings is 1. The summed E-state index contributed by atoms with van der Waals surface area (Å²) in [6.45, 7) is 2.21. The fourth-order valence-corrected chi connectivity index (χ4v) is 4.01. The van der Waals surface area contributed by atoms with Crippen molar-refractivity contribution in [2.45, 2.75) is 17.8 Å². The van der Waals surface area contributed by atoms with Gasteiger partial charge in [0.25, 0.3) is 5.22 Å². The van der Waals surface area contributed by atoms with Crippen LogP contribution in [-0.2, 0) is 11.0 Å². The average Bonchev–Trinajstić information content (AvgIpc) is 2.99. The van der Waals surface area contributed by atoms with E-state index in [2.05, 4.69) is 9.97 Å². The van der Waals surface area contributed by atoms with Gasteiger partial charge >= 0.3 is 6.18 Å². The van der Waals surface area contributed by atoms with E-state index >= 15 is 0 Å². The number of oxazole rings is 1. The molecule has 0 radical (unpaired) electrons. The van der Waals surface area contributed by atoms with Crippen LogP contribution in [0.5, 0.6) is 0 Å². The second kappa shape index (κ2) is 8.55. The molecule has 0 aliphatic carbocycles. The number of rotatable bonds is 4. The van der Waals surface area contributed by atoms with Crippen LogP contribution in [0, 0.1) is 0 Å². The molecule has 1 aromatic carbocycles. The topological polar surface area (TPSA) is 62.5 Å². The Bertz CT molecular complexity index is 990. The molecule has 0 bridgehead atoms. The van der Waals surface area contributed by atoms with Crippen LogP contribution in [0.2, 0.25) is 0 Å². The van der Waals surface area contributed by atoms with Gasteiger partial charge in [-0.25, -0.2) is 9.97 Å². The van der Waals surface area contributed by atoms with E-state index in [1.165, 1.54) is 17.8 Å². The molecule has 3 aromatic rings. The molecule has 2 aromatic heterocycles.